The van der Waals surface area contributed by atoms with Gasteiger partial charge in [-0.05, 0) is 61.2 Å². The third-order valence-electron chi connectivity index (χ3n) is 7.89. The zero-order chi connectivity index (χ0) is 27.8. The summed E-state index contributed by atoms with van der Waals surface area (Å²) >= 11 is 6.07. The number of nitrogens with one attached hydrogen (secondary N) is 1. The van der Waals surface area contributed by atoms with E-state index in [2.05, 4.69) is 15.2 Å². The number of fused-ring (bicyclic) bond motifs is 2. The van der Waals surface area contributed by atoms with Gasteiger partial charge in [0.1, 0.15) is 5.82 Å². The highest BCUT2D eigenvalue weighted by molar-refractivity contribution is 6.30. The van der Waals surface area contributed by atoms with E-state index in [-0.39, 0.29) is 30.2 Å². The number of hydrogen-bond donors (Lipinski definition) is 1. The molecule has 8 nitrogen and oxygen atoms in total. The monoisotopic (exact) mass is 555 g/mol. The Kier molecular flexibility index (Phi) is 7.02. The smallest absolute Gasteiger partial charge is 0.264 e. The van der Waals surface area contributed by atoms with Crippen LogP contribution >= 0.6 is 11.6 Å². The van der Waals surface area contributed by atoms with Crippen molar-refractivity contribution in [3.8, 4) is 0 Å². The van der Waals surface area contributed by atoms with Crippen LogP contribution in [0.15, 0.2) is 66.7 Å². The van der Waals surface area contributed by atoms with Gasteiger partial charge in [0, 0.05) is 31.7 Å². The Balaban J connectivity index is 1.16. The van der Waals surface area contributed by atoms with Crippen molar-refractivity contribution in [3.05, 3.63) is 94.3 Å². The molecule has 1 atom stereocenters. The summed E-state index contributed by atoms with van der Waals surface area (Å²) in [6, 6.07) is 20.8. The van der Waals surface area contributed by atoms with E-state index in [0.29, 0.717) is 47.2 Å². The molecule has 3 aromatic carbocycles. The maximum atomic E-state index is 13.7. The molecule has 2 aliphatic rings. The number of aryl methyl sites for hydroxylation is 1. The summed E-state index contributed by atoms with van der Waals surface area (Å²) < 4.78 is 1.92. The lowest BCUT2D eigenvalue weighted by Gasteiger charge is -2.34. The van der Waals surface area contributed by atoms with Gasteiger partial charge in [-0.2, -0.15) is 0 Å². The number of piperidine rings is 1. The van der Waals surface area contributed by atoms with Crippen molar-refractivity contribution >= 4 is 46.0 Å². The first kappa shape index (κ1) is 26.1. The van der Waals surface area contributed by atoms with Crippen molar-refractivity contribution in [1.29, 1.82) is 0 Å². The molecule has 204 valence electrons. The van der Waals surface area contributed by atoms with Gasteiger partial charge in [-0.25, -0.2) is 4.98 Å². The van der Waals surface area contributed by atoms with Crippen LogP contribution in [0.3, 0.4) is 0 Å². The largest absolute Gasteiger partial charge is 0.370 e. The molecule has 40 heavy (non-hydrogen) atoms. The summed E-state index contributed by atoms with van der Waals surface area (Å²) in [5.74, 6) is -0.195. The summed E-state index contributed by atoms with van der Waals surface area (Å²) in [6.07, 6.45) is 2.30. The first-order valence-electron chi connectivity index (χ1n) is 13.6. The highest BCUT2D eigenvalue weighted by Crippen LogP contribution is 2.35. The number of rotatable bonds is 7. The van der Waals surface area contributed by atoms with E-state index < -0.39 is 0 Å². The molecule has 0 unspecified atom stereocenters. The molecular weight excluding hydrogens is 526 g/mol. The fraction of sp³-hybridized carbons (Fsp3) is 0.290. The lowest BCUT2D eigenvalue weighted by molar-refractivity contribution is -0.125. The summed E-state index contributed by atoms with van der Waals surface area (Å²) in [5.41, 5.74) is 4.36. The number of amides is 3. The molecule has 1 saturated heterocycles. The lowest BCUT2D eigenvalue weighted by atomic mass is 9.95. The molecule has 3 heterocycles. The van der Waals surface area contributed by atoms with Gasteiger partial charge in [-0.3, -0.25) is 19.3 Å². The number of carbonyl (C=O) groups is 3. The number of para-hydroxylation sites is 2. The third kappa shape index (κ3) is 4.84. The molecule has 6 rings (SSSR count). The Morgan fingerprint density at radius 3 is 2.70 bits per heavy atom. The number of anilines is 1. The van der Waals surface area contributed by atoms with E-state index in [1.165, 1.54) is 4.90 Å². The first-order chi connectivity index (χ1) is 19.4. The molecule has 9 heteroatoms. The number of carbonyl (C=O) groups excluding carboxylic acids is 3. The minimum absolute atomic E-state index is 0.00480. The van der Waals surface area contributed by atoms with Crippen LogP contribution < -0.4 is 10.2 Å². The Labute approximate surface area is 237 Å². The molecule has 0 radical (unpaired) electrons. The van der Waals surface area contributed by atoms with Gasteiger partial charge >= 0.3 is 0 Å². The number of aromatic nitrogens is 2. The topological polar surface area (TPSA) is 87.5 Å². The zero-order valence-corrected chi connectivity index (χ0v) is 23.0. The molecule has 0 spiro atoms. The van der Waals surface area contributed by atoms with Crippen molar-refractivity contribution in [3.63, 3.8) is 0 Å². The molecule has 1 N–H and O–H groups in total. The second kappa shape index (κ2) is 10.8. The van der Waals surface area contributed by atoms with Gasteiger partial charge in [-0.15, -0.1) is 0 Å². The molecular formula is C31H30ClN5O3. The molecule has 0 bridgehead atoms. The maximum absolute atomic E-state index is 13.7. The normalized spacial score (nSPS) is 17.0. The second-order valence-electron chi connectivity index (χ2n) is 10.4. The lowest BCUT2D eigenvalue weighted by Crippen LogP contribution is -2.44. The second-order valence-corrected chi connectivity index (χ2v) is 10.9. The van der Waals surface area contributed by atoms with Gasteiger partial charge < -0.3 is 14.8 Å². The predicted octanol–water partition coefficient (Wildman–Crippen LogP) is 4.60. The maximum Gasteiger partial charge on any atom is 0.264 e. The van der Waals surface area contributed by atoms with Crippen LogP contribution in [-0.2, 0) is 24.8 Å². The molecule has 4 aromatic rings. The van der Waals surface area contributed by atoms with Crippen LogP contribution in [-0.4, -0.2) is 51.8 Å². The molecule has 1 fully saturated rings. The quantitative estimate of drug-likeness (QED) is 0.337. The van der Waals surface area contributed by atoms with Gasteiger partial charge in [0.05, 0.1) is 40.3 Å². The van der Waals surface area contributed by atoms with Gasteiger partial charge in [0.25, 0.3) is 11.8 Å². The fourth-order valence-electron chi connectivity index (χ4n) is 5.78. The molecule has 0 saturated carbocycles. The van der Waals surface area contributed by atoms with Crippen LogP contribution in [0.4, 0.5) is 5.69 Å². The summed E-state index contributed by atoms with van der Waals surface area (Å²) in [4.78, 5) is 48.1. The fourth-order valence-corrected chi connectivity index (χ4v) is 5.99. The predicted molar refractivity (Wildman–Crippen MR) is 154 cm³/mol. The summed E-state index contributed by atoms with van der Waals surface area (Å²) in [5, 5.41) is 3.75. The summed E-state index contributed by atoms with van der Waals surface area (Å²) in [6.45, 7) is 1.83. The van der Waals surface area contributed by atoms with E-state index in [0.717, 1.165) is 36.0 Å². The average Bonchev–Trinajstić information content (AvgIpc) is 3.41. The van der Waals surface area contributed by atoms with Crippen molar-refractivity contribution in [1.82, 2.24) is 19.8 Å². The van der Waals surface area contributed by atoms with Gasteiger partial charge in [0.2, 0.25) is 5.91 Å². The number of benzene rings is 3. The van der Waals surface area contributed by atoms with E-state index in [4.69, 9.17) is 11.6 Å². The molecule has 2 aliphatic heterocycles. The number of imidazole rings is 1. The van der Waals surface area contributed by atoms with Crippen molar-refractivity contribution in [2.45, 2.75) is 25.8 Å². The summed E-state index contributed by atoms with van der Waals surface area (Å²) in [7, 11) is 1.89. The minimum atomic E-state index is -0.323. The third-order valence-corrected chi connectivity index (χ3v) is 8.13. The van der Waals surface area contributed by atoms with E-state index in [9.17, 15) is 14.4 Å². The average molecular weight is 556 g/mol. The van der Waals surface area contributed by atoms with Crippen LogP contribution in [0, 0.1) is 5.92 Å². The molecule has 0 aliphatic carbocycles. The standard InChI is InChI=1S/C31H30ClN5O3/c1-35-25-12-3-2-11-24(25)34-27(35)19-37-30(39)23-10-5-13-26(28(23)31(37)40)36-16-6-8-21(18-36)29(38)33-15-14-20-7-4-9-22(32)17-20/h2-5,7,9-13,17,21H,6,8,14-16,18-19H2,1H3,(H,33,38)/t21-/m0/s1. The SMILES string of the molecule is Cn1c(CN2C(=O)c3cccc(N4CCC[C@H](C(=O)NCCc5cccc(Cl)c5)C4)c3C2=O)nc2ccccc21. The molecule has 3 amide bonds. The van der Waals surface area contributed by atoms with Crippen molar-refractivity contribution in [2.75, 3.05) is 24.5 Å². The van der Waals surface area contributed by atoms with E-state index in [1.54, 1.807) is 6.07 Å². The number of imide groups is 1. The Bertz CT molecular complexity index is 1630. The van der Waals surface area contributed by atoms with Crippen LogP contribution in [0.25, 0.3) is 11.0 Å². The minimum Gasteiger partial charge on any atom is -0.370 e. The van der Waals surface area contributed by atoms with E-state index in [1.807, 2.05) is 72.3 Å². The van der Waals surface area contributed by atoms with Crippen LogP contribution in [0.5, 0.6) is 0 Å². The Hall–Kier alpha value is -4.17. The van der Waals surface area contributed by atoms with Crippen LogP contribution in [0.2, 0.25) is 5.02 Å². The zero-order valence-electron chi connectivity index (χ0n) is 22.3. The number of hydrogen-bond acceptors (Lipinski definition) is 5. The van der Waals surface area contributed by atoms with Crippen molar-refractivity contribution < 1.29 is 14.4 Å². The Morgan fingerprint density at radius 1 is 1.05 bits per heavy atom. The first-order valence-corrected chi connectivity index (χ1v) is 13.9. The number of halogens is 1. The van der Waals surface area contributed by atoms with Crippen LogP contribution in [0.1, 0.15) is 44.9 Å². The highest BCUT2D eigenvalue weighted by atomic mass is 35.5. The molecule has 1 aromatic heterocycles. The number of nitrogens with zero attached hydrogens (tertiary/aromatic N) is 4. The van der Waals surface area contributed by atoms with Gasteiger partial charge in [-0.1, -0.05) is 41.9 Å². The van der Waals surface area contributed by atoms with Crippen molar-refractivity contribution in [2.24, 2.45) is 13.0 Å². The Morgan fingerprint density at radius 2 is 1.88 bits per heavy atom. The van der Waals surface area contributed by atoms with E-state index >= 15 is 0 Å². The van der Waals surface area contributed by atoms with Gasteiger partial charge in [0.15, 0.2) is 0 Å². The highest BCUT2D eigenvalue weighted by Gasteiger charge is 2.40.